The predicted octanol–water partition coefficient (Wildman–Crippen LogP) is 0.765. The van der Waals surface area contributed by atoms with E-state index in [0.29, 0.717) is 13.2 Å². The molecule has 0 aromatic heterocycles. The molecule has 5 heteroatoms. The van der Waals surface area contributed by atoms with Crippen LogP contribution in [0.2, 0.25) is 0 Å². The smallest absolute Gasteiger partial charge is 0.237 e. The van der Waals surface area contributed by atoms with Crippen LogP contribution >= 0.6 is 0 Å². The Morgan fingerprint density at radius 3 is 2.95 bits per heavy atom. The van der Waals surface area contributed by atoms with E-state index in [1.165, 1.54) is 6.42 Å². The first-order chi connectivity index (χ1) is 9.20. The average Bonchev–Trinajstić information content (AvgIpc) is 2.67. The number of ether oxygens (including phenoxy) is 1. The van der Waals surface area contributed by atoms with Crippen LogP contribution in [0.15, 0.2) is 0 Å². The Morgan fingerprint density at radius 2 is 2.26 bits per heavy atom. The van der Waals surface area contributed by atoms with Crippen molar-refractivity contribution in [2.24, 2.45) is 0 Å². The van der Waals surface area contributed by atoms with Crippen LogP contribution in [0.4, 0.5) is 0 Å². The molecular weight excluding hydrogens is 244 g/mol. The first-order valence-electron chi connectivity index (χ1n) is 7.34. The number of carbonyl (C=O) groups excluding carboxylic acids is 1. The highest BCUT2D eigenvalue weighted by molar-refractivity contribution is 5.81. The fourth-order valence-corrected chi connectivity index (χ4v) is 2.63. The van der Waals surface area contributed by atoms with Crippen LogP contribution < -0.4 is 5.32 Å². The van der Waals surface area contributed by atoms with Crippen LogP contribution in [0.1, 0.15) is 39.0 Å². The number of aliphatic hydroxyl groups excluding tert-OH is 1. The number of methoxy groups -OCH3 is 1. The van der Waals surface area contributed by atoms with E-state index in [9.17, 15) is 9.90 Å². The van der Waals surface area contributed by atoms with E-state index in [1.54, 1.807) is 7.11 Å². The van der Waals surface area contributed by atoms with Gasteiger partial charge in [-0.05, 0) is 32.7 Å². The van der Waals surface area contributed by atoms with E-state index < -0.39 is 0 Å². The lowest BCUT2D eigenvalue weighted by atomic mass is 10.1. The van der Waals surface area contributed by atoms with Crippen LogP contribution in [-0.4, -0.2) is 61.4 Å². The van der Waals surface area contributed by atoms with Gasteiger partial charge in [-0.1, -0.05) is 12.8 Å². The maximum atomic E-state index is 12.1. The molecule has 0 saturated carbocycles. The van der Waals surface area contributed by atoms with Gasteiger partial charge in [0.1, 0.15) is 0 Å². The highest BCUT2D eigenvalue weighted by Gasteiger charge is 2.28. The van der Waals surface area contributed by atoms with E-state index in [-0.39, 0.29) is 24.6 Å². The van der Waals surface area contributed by atoms with Crippen LogP contribution in [-0.2, 0) is 9.53 Å². The van der Waals surface area contributed by atoms with E-state index >= 15 is 0 Å². The maximum absolute atomic E-state index is 12.1. The van der Waals surface area contributed by atoms with Crippen molar-refractivity contribution >= 4 is 5.91 Å². The first kappa shape index (κ1) is 16.4. The molecule has 1 fully saturated rings. The maximum Gasteiger partial charge on any atom is 0.237 e. The summed E-state index contributed by atoms with van der Waals surface area (Å²) in [6, 6.07) is -0.0416. The number of hydrogen-bond acceptors (Lipinski definition) is 4. The lowest BCUT2D eigenvalue weighted by molar-refractivity contribution is -0.127. The number of likely N-dealkylation sites (tertiary alicyclic amines) is 1. The fourth-order valence-electron chi connectivity index (χ4n) is 2.63. The molecule has 5 nitrogen and oxygen atoms in total. The van der Waals surface area contributed by atoms with Crippen LogP contribution in [0.5, 0.6) is 0 Å². The average molecular weight is 272 g/mol. The Kier molecular flexibility index (Phi) is 8.02. The molecule has 0 bridgehead atoms. The number of amides is 1. The zero-order valence-electron chi connectivity index (χ0n) is 12.2. The third-order valence-electron chi connectivity index (χ3n) is 3.83. The van der Waals surface area contributed by atoms with Gasteiger partial charge in [-0.25, -0.2) is 0 Å². The normalized spacial score (nSPS) is 22.8. The quantitative estimate of drug-likeness (QED) is 0.672. The Labute approximate surface area is 116 Å². The van der Waals surface area contributed by atoms with Crippen molar-refractivity contribution in [3.8, 4) is 0 Å². The van der Waals surface area contributed by atoms with Gasteiger partial charge in [-0.15, -0.1) is 0 Å². The van der Waals surface area contributed by atoms with Crippen molar-refractivity contribution in [1.82, 2.24) is 10.2 Å². The van der Waals surface area contributed by atoms with Gasteiger partial charge in [-0.3, -0.25) is 9.69 Å². The van der Waals surface area contributed by atoms with E-state index in [4.69, 9.17) is 4.74 Å². The highest BCUT2D eigenvalue weighted by atomic mass is 16.5. The Hall–Kier alpha value is -0.650. The lowest BCUT2D eigenvalue weighted by Gasteiger charge is -2.33. The number of hydrogen-bond donors (Lipinski definition) is 2. The van der Waals surface area contributed by atoms with Crippen LogP contribution in [0.3, 0.4) is 0 Å². The molecule has 0 aliphatic carbocycles. The molecule has 0 aromatic rings. The van der Waals surface area contributed by atoms with Crippen molar-refractivity contribution in [3.63, 3.8) is 0 Å². The number of carbonyl (C=O) groups is 1. The second-order valence-electron chi connectivity index (χ2n) is 5.24. The Balaban J connectivity index is 2.43. The van der Waals surface area contributed by atoms with Crippen LogP contribution in [0, 0.1) is 0 Å². The molecule has 1 saturated heterocycles. The Morgan fingerprint density at radius 1 is 1.47 bits per heavy atom. The molecule has 112 valence electrons. The molecule has 1 heterocycles. The van der Waals surface area contributed by atoms with Crippen molar-refractivity contribution in [3.05, 3.63) is 0 Å². The lowest BCUT2D eigenvalue weighted by Crippen LogP contribution is -2.51. The first-order valence-corrected chi connectivity index (χ1v) is 7.34. The summed E-state index contributed by atoms with van der Waals surface area (Å²) in [5.74, 6) is 0.0523. The van der Waals surface area contributed by atoms with Gasteiger partial charge in [-0.2, -0.15) is 0 Å². The fraction of sp³-hybridized carbons (Fsp3) is 0.929. The topological polar surface area (TPSA) is 61.8 Å². The Bertz CT molecular complexity index is 261. The molecule has 2 atom stereocenters. The molecule has 1 aliphatic heterocycles. The summed E-state index contributed by atoms with van der Waals surface area (Å²) >= 11 is 0. The van der Waals surface area contributed by atoms with Gasteiger partial charge in [0.2, 0.25) is 5.91 Å². The summed E-state index contributed by atoms with van der Waals surface area (Å²) in [5.41, 5.74) is 0. The van der Waals surface area contributed by atoms with Crippen molar-refractivity contribution in [2.75, 3.05) is 33.4 Å². The van der Waals surface area contributed by atoms with Gasteiger partial charge < -0.3 is 15.2 Å². The van der Waals surface area contributed by atoms with E-state index in [2.05, 4.69) is 10.2 Å². The molecule has 2 unspecified atom stereocenters. The van der Waals surface area contributed by atoms with Gasteiger partial charge in [0, 0.05) is 26.3 Å². The van der Waals surface area contributed by atoms with Gasteiger partial charge in [0.05, 0.1) is 12.6 Å². The SMILES string of the molecule is COCCCNC(=O)C(C)N1CCCCCC1CO. The van der Waals surface area contributed by atoms with Crippen molar-refractivity contribution in [1.29, 1.82) is 0 Å². The number of nitrogens with zero attached hydrogens (tertiary/aromatic N) is 1. The second-order valence-corrected chi connectivity index (χ2v) is 5.24. The third-order valence-corrected chi connectivity index (χ3v) is 3.83. The summed E-state index contributed by atoms with van der Waals surface area (Å²) < 4.78 is 4.96. The van der Waals surface area contributed by atoms with Gasteiger partial charge in [0.15, 0.2) is 0 Å². The molecule has 1 amide bonds. The van der Waals surface area contributed by atoms with Crippen LogP contribution in [0.25, 0.3) is 0 Å². The van der Waals surface area contributed by atoms with Gasteiger partial charge >= 0.3 is 0 Å². The standard InChI is InChI=1S/C14H28N2O3/c1-12(14(18)15-8-6-10-19-2)16-9-5-3-4-7-13(16)11-17/h12-13,17H,3-11H2,1-2H3,(H,15,18). The summed E-state index contributed by atoms with van der Waals surface area (Å²) in [6.45, 7) is 4.28. The zero-order chi connectivity index (χ0) is 14.1. The zero-order valence-corrected chi connectivity index (χ0v) is 12.2. The van der Waals surface area contributed by atoms with Gasteiger partial charge in [0.25, 0.3) is 0 Å². The molecule has 0 aromatic carbocycles. The van der Waals surface area contributed by atoms with E-state index in [1.807, 2.05) is 6.92 Å². The molecular formula is C14H28N2O3. The summed E-state index contributed by atoms with van der Waals surface area (Å²) in [7, 11) is 1.66. The molecule has 2 N–H and O–H groups in total. The molecule has 1 rings (SSSR count). The summed E-state index contributed by atoms with van der Waals surface area (Å²) in [6.07, 6.45) is 5.26. The minimum absolute atomic E-state index is 0.0523. The highest BCUT2D eigenvalue weighted by Crippen LogP contribution is 2.19. The molecule has 1 aliphatic rings. The molecule has 19 heavy (non-hydrogen) atoms. The minimum atomic E-state index is -0.169. The second kappa shape index (κ2) is 9.28. The van der Waals surface area contributed by atoms with E-state index in [0.717, 1.165) is 32.2 Å². The summed E-state index contributed by atoms with van der Waals surface area (Å²) in [5, 5.41) is 12.4. The number of nitrogens with one attached hydrogen (secondary N) is 1. The third kappa shape index (κ3) is 5.47. The molecule has 0 radical (unpaired) electrons. The monoisotopic (exact) mass is 272 g/mol. The largest absolute Gasteiger partial charge is 0.395 e. The number of rotatable bonds is 7. The minimum Gasteiger partial charge on any atom is -0.395 e. The van der Waals surface area contributed by atoms with Crippen molar-refractivity contribution in [2.45, 2.75) is 51.1 Å². The summed E-state index contributed by atoms with van der Waals surface area (Å²) in [4.78, 5) is 14.3. The number of aliphatic hydroxyl groups is 1. The van der Waals surface area contributed by atoms with Crippen molar-refractivity contribution < 1.29 is 14.6 Å². The predicted molar refractivity (Wildman–Crippen MR) is 75.0 cm³/mol. The molecule has 0 spiro atoms.